The topological polar surface area (TPSA) is 231 Å². The van der Waals surface area contributed by atoms with Gasteiger partial charge < -0.3 is 45.1 Å². The highest BCUT2D eigenvalue weighted by molar-refractivity contribution is 9.10. The maximum absolute atomic E-state index is 8.98. The van der Waals surface area contributed by atoms with Crippen molar-refractivity contribution in [2.24, 2.45) is 0 Å². The number of nitrogen functional groups attached to an aromatic ring is 3. The number of nitriles is 3. The Morgan fingerprint density at radius 2 is 0.935 bits per heavy atom. The summed E-state index contributed by atoms with van der Waals surface area (Å²) in [5.41, 5.74) is 19.7. The molecule has 4 aromatic rings. The van der Waals surface area contributed by atoms with Gasteiger partial charge in [-0.15, -0.1) is 0 Å². The molecule has 0 amide bonds. The monoisotopic (exact) mass is 924 g/mol. The Bertz CT molecular complexity index is 2320. The molecule has 324 valence electrons. The summed E-state index contributed by atoms with van der Waals surface area (Å²) >= 11 is 8.92. The van der Waals surface area contributed by atoms with Crippen LogP contribution < -0.4 is 22.7 Å². The average molecular weight is 926 g/mol. The minimum atomic E-state index is -0.476. The summed E-state index contributed by atoms with van der Waals surface area (Å²) in [5.74, 6) is 0. The first-order chi connectivity index (χ1) is 28.6. The highest BCUT2D eigenvalue weighted by atomic mass is 79.9. The summed E-state index contributed by atoms with van der Waals surface area (Å²) in [4.78, 5) is 7.84. The van der Waals surface area contributed by atoms with Crippen LogP contribution in [0.3, 0.4) is 0 Å². The number of rotatable bonds is 3. The summed E-state index contributed by atoms with van der Waals surface area (Å²) in [5, 5.41) is 26.5. The van der Waals surface area contributed by atoms with Crippen LogP contribution in [0.15, 0.2) is 71.3 Å². The van der Waals surface area contributed by atoms with Gasteiger partial charge in [-0.2, -0.15) is 15.8 Å². The summed E-state index contributed by atoms with van der Waals surface area (Å²) in [6.07, 6.45) is 1.56. The molecule has 3 aromatic carbocycles. The lowest BCUT2D eigenvalue weighted by Gasteiger charge is -2.32. The molecule has 1 aromatic heterocycles. The molecule has 6 N–H and O–H groups in total. The van der Waals surface area contributed by atoms with Gasteiger partial charge in [-0.1, -0.05) is 28.1 Å². The second kappa shape index (κ2) is 19.0. The van der Waals surface area contributed by atoms with Gasteiger partial charge in [-0.25, -0.2) is 9.97 Å². The maximum Gasteiger partial charge on any atom is 0.494 e. The van der Waals surface area contributed by atoms with Crippen molar-refractivity contribution in [3.63, 3.8) is 0 Å². The van der Waals surface area contributed by atoms with Gasteiger partial charge in [0.05, 0.1) is 56.0 Å². The third-order valence-corrected chi connectivity index (χ3v) is 12.4. The number of anilines is 3. The van der Waals surface area contributed by atoms with E-state index in [0.29, 0.717) is 39.4 Å². The number of nitrogens with zero attached hydrogens (tertiary/aromatic N) is 5. The molecular weight excluding hydrogens is 872 g/mol. The second-order valence-electron chi connectivity index (χ2n) is 17.8. The van der Waals surface area contributed by atoms with E-state index in [2.05, 4.69) is 32.0 Å². The van der Waals surface area contributed by atoms with Gasteiger partial charge in [0.25, 0.3) is 0 Å². The Morgan fingerprint density at radius 3 is 1.35 bits per heavy atom. The minimum Gasteiger partial charge on any atom is -0.405 e. The quantitative estimate of drug-likeness (QED) is 0.101. The average Bonchev–Trinajstić information content (AvgIpc) is 3.66. The molecule has 3 saturated heterocycles. The molecule has 0 unspecified atom stereocenters. The summed E-state index contributed by atoms with van der Waals surface area (Å²) in [7, 11) is -1.41. The molecule has 19 heteroatoms. The number of benzene rings is 3. The standard InChI is InChI=1S/C13H17BN2O2.C12H24B2O4.C11H7ClN4.C7H5BrN2/c1-12(2)13(3,4)18-14(17-12)10-5-6-11(16)9(7-10)8-15;1-9(2)10(3,4)16-13(15-9)14-17-11(5,6)12(7,8)18-14;12-11-15-4-3-10(16-11)7-1-2-9(14)8(5-7)6-13;8-6-1-2-7(10)5(3-6)4-9/h5-7H,16H2,1-4H3;1-8H3;1-5H,14H2;1-3H,10H2. The van der Waals surface area contributed by atoms with E-state index >= 15 is 0 Å². The van der Waals surface area contributed by atoms with E-state index < -0.39 is 21.1 Å². The predicted molar refractivity (Wildman–Crippen MR) is 248 cm³/mol. The van der Waals surface area contributed by atoms with Crippen LogP contribution >= 0.6 is 27.5 Å². The van der Waals surface area contributed by atoms with Gasteiger partial charge in [-0.3, -0.25) is 0 Å². The molecule has 0 spiro atoms. The zero-order chi connectivity index (χ0) is 46.6. The van der Waals surface area contributed by atoms with Crippen LogP contribution in [0, 0.1) is 34.0 Å². The number of nitrogens with two attached hydrogens (primary N) is 3. The Balaban J connectivity index is 0.000000185. The van der Waals surface area contributed by atoms with E-state index in [1.165, 1.54) is 0 Å². The third kappa shape index (κ3) is 11.5. The van der Waals surface area contributed by atoms with Crippen LogP contribution in [0.1, 0.15) is 99.8 Å². The molecule has 3 fully saturated rings. The van der Waals surface area contributed by atoms with Gasteiger partial charge >= 0.3 is 21.1 Å². The zero-order valence-electron chi connectivity index (χ0n) is 37.3. The molecule has 14 nitrogen and oxygen atoms in total. The second-order valence-corrected chi connectivity index (χ2v) is 19.0. The van der Waals surface area contributed by atoms with Gasteiger partial charge in [0.1, 0.15) is 18.2 Å². The zero-order valence-corrected chi connectivity index (χ0v) is 39.6. The van der Waals surface area contributed by atoms with E-state index in [0.717, 1.165) is 15.5 Å². The molecule has 0 saturated carbocycles. The van der Waals surface area contributed by atoms with Crippen molar-refractivity contribution in [2.45, 2.75) is 117 Å². The molecule has 3 aliphatic rings. The fourth-order valence-corrected chi connectivity index (χ4v) is 6.24. The van der Waals surface area contributed by atoms with Crippen LogP contribution in [0.2, 0.25) is 5.28 Å². The van der Waals surface area contributed by atoms with E-state index in [1.807, 2.05) is 101 Å². The normalized spacial score (nSPS) is 19.2. The lowest BCUT2D eigenvalue weighted by molar-refractivity contribution is 0.00578. The van der Waals surface area contributed by atoms with Crippen molar-refractivity contribution >= 4 is 71.2 Å². The van der Waals surface area contributed by atoms with Crippen LogP contribution in [0.25, 0.3) is 11.3 Å². The first-order valence-corrected chi connectivity index (χ1v) is 20.9. The molecule has 0 atom stereocenters. The van der Waals surface area contributed by atoms with Crippen molar-refractivity contribution in [1.29, 1.82) is 15.8 Å². The first-order valence-electron chi connectivity index (χ1n) is 19.7. The summed E-state index contributed by atoms with van der Waals surface area (Å²) < 4.78 is 36.6. The molecule has 4 heterocycles. The summed E-state index contributed by atoms with van der Waals surface area (Å²) in [6, 6.07) is 23.4. The molecule has 0 bridgehead atoms. The Kier molecular flexibility index (Phi) is 15.3. The third-order valence-electron chi connectivity index (χ3n) is 11.7. The Morgan fingerprint density at radius 1 is 0.548 bits per heavy atom. The largest absolute Gasteiger partial charge is 0.494 e. The van der Waals surface area contributed by atoms with E-state index in [1.54, 1.807) is 60.8 Å². The summed E-state index contributed by atoms with van der Waals surface area (Å²) in [6.45, 7) is 24.2. The van der Waals surface area contributed by atoms with Gasteiger partial charge in [0.15, 0.2) is 0 Å². The fraction of sp³-hybridized carbons (Fsp3) is 0.419. The number of aromatic nitrogens is 2. The van der Waals surface area contributed by atoms with E-state index in [-0.39, 0.29) is 38.9 Å². The van der Waals surface area contributed by atoms with Gasteiger partial charge in [0.2, 0.25) is 5.28 Å². The molecule has 0 radical (unpaired) electrons. The van der Waals surface area contributed by atoms with Crippen LogP contribution in [-0.2, 0) is 27.9 Å². The lowest BCUT2D eigenvalue weighted by Crippen LogP contribution is -2.41. The lowest BCUT2D eigenvalue weighted by atomic mass is 9.49. The molecule has 62 heavy (non-hydrogen) atoms. The van der Waals surface area contributed by atoms with Gasteiger partial charge in [-0.05, 0) is 149 Å². The smallest absolute Gasteiger partial charge is 0.405 e. The van der Waals surface area contributed by atoms with Crippen molar-refractivity contribution in [2.75, 3.05) is 17.2 Å². The van der Waals surface area contributed by atoms with Crippen molar-refractivity contribution in [3.05, 3.63) is 93.3 Å². The van der Waals surface area contributed by atoms with Crippen molar-refractivity contribution < 1.29 is 27.9 Å². The number of hydrogen-bond acceptors (Lipinski definition) is 14. The minimum absolute atomic E-state index is 0.174. The van der Waals surface area contributed by atoms with Crippen LogP contribution in [-0.4, -0.2) is 64.7 Å². The number of hydrogen-bond donors (Lipinski definition) is 3. The van der Waals surface area contributed by atoms with E-state index in [4.69, 9.17) is 72.5 Å². The van der Waals surface area contributed by atoms with Crippen molar-refractivity contribution in [3.8, 4) is 29.5 Å². The van der Waals surface area contributed by atoms with Crippen molar-refractivity contribution in [1.82, 2.24) is 9.97 Å². The fourth-order valence-electron chi connectivity index (χ4n) is 5.73. The first kappa shape index (κ1) is 50.0. The van der Waals surface area contributed by atoms with Gasteiger partial charge in [0, 0.05) is 33.3 Å². The van der Waals surface area contributed by atoms with Crippen LogP contribution in [0.4, 0.5) is 17.1 Å². The molecule has 0 aliphatic carbocycles. The molecule has 7 rings (SSSR count). The van der Waals surface area contributed by atoms with Crippen LogP contribution in [0.5, 0.6) is 0 Å². The molecular formula is C43H53B3BrClN8O6. The Hall–Kier alpha value is -4.67. The Labute approximate surface area is 379 Å². The predicted octanol–water partition coefficient (Wildman–Crippen LogP) is 7.84. The number of halogens is 2. The highest BCUT2D eigenvalue weighted by Gasteiger charge is 2.63. The van der Waals surface area contributed by atoms with E-state index in [9.17, 15) is 0 Å². The highest BCUT2D eigenvalue weighted by Crippen LogP contribution is 2.43. The SMILES string of the molecule is CC1(C)OB(B2OC(C)(C)C(C)(C)O2)OC1(C)C.CC1(C)OB(c2ccc(N)c(C#N)c2)OC1(C)C.N#Cc1cc(-c2ccnc(Cl)n2)ccc1N.N#Cc1cc(Br)ccc1N. The molecule has 3 aliphatic heterocycles. The maximum atomic E-state index is 8.98.